The Morgan fingerprint density at radius 1 is 0.938 bits per heavy atom. The molecule has 0 saturated carbocycles. The van der Waals surface area contributed by atoms with Crippen LogP contribution in [0.15, 0.2) is 58.7 Å². The van der Waals surface area contributed by atoms with E-state index in [2.05, 4.69) is 0 Å². The number of nitrogens with zero attached hydrogens (tertiary/aromatic N) is 4. The van der Waals surface area contributed by atoms with Gasteiger partial charge in [0.2, 0.25) is 11.8 Å². The van der Waals surface area contributed by atoms with Crippen molar-refractivity contribution >= 4 is 46.1 Å². The van der Waals surface area contributed by atoms with E-state index in [4.69, 9.17) is 9.47 Å². The molecule has 48 heavy (non-hydrogen) atoms. The minimum Gasteiger partial charge on any atom is -0.507 e. The maximum absolute atomic E-state index is 14.3. The van der Waals surface area contributed by atoms with Gasteiger partial charge in [-0.15, -0.1) is 0 Å². The van der Waals surface area contributed by atoms with E-state index >= 15 is 0 Å². The van der Waals surface area contributed by atoms with E-state index in [1.807, 2.05) is 0 Å². The molecule has 6 rings (SSSR count). The molecule has 15 heteroatoms. The van der Waals surface area contributed by atoms with E-state index in [0.29, 0.717) is 5.57 Å². The molecule has 0 spiro atoms. The minimum absolute atomic E-state index is 0.0207. The number of nitro groups is 2. The number of hydrogen-bond acceptors (Lipinski definition) is 12. The Labute approximate surface area is 273 Å². The Bertz CT molecular complexity index is 1940. The molecule has 0 unspecified atom stereocenters. The number of ketones is 2. The number of methoxy groups -OCH3 is 2. The highest BCUT2D eigenvalue weighted by atomic mass is 16.6. The molecule has 15 nitrogen and oxygen atoms in total. The van der Waals surface area contributed by atoms with Crippen molar-refractivity contribution in [2.45, 2.75) is 25.7 Å². The van der Waals surface area contributed by atoms with Gasteiger partial charge in [0.15, 0.2) is 17.3 Å². The van der Waals surface area contributed by atoms with Crippen LogP contribution in [-0.2, 0) is 19.2 Å². The van der Waals surface area contributed by atoms with Crippen LogP contribution in [0.5, 0.6) is 17.2 Å². The smallest absolute Gasteiger partial charge is 0.301 e. The maximum atomic E-state index is 14.3. The van der Waals surface area contributed by atoms with E-state index in [1.165, 1.54) is 58.3 Å². The highest BCUT2D eigenvalue weighted by Gasteiger charge is 2.57. The summed E-state index contributed by atoms with van der Waals surface area (Å²) in [6.45, 7) is 1.50. The van der Waals surface area contributed by atoms with Crippen LogP contribution >= 0.6 is 0 Å². The first-order valence-corrected chi connectivity index (χ1v) is 14.9. The number of fused-ring (bicyclic) bond motifs is 3. The fraction of sp³-hybridized carbons (Fsp3) is 0.333. The lowest BCUT2D eigenvalue weighted by Gasteiger charge is -2.42. The first kappa shape index (κ1) is 32.1. The number of anilines is 2. The molecular formula is C33H30N4O11. The van der Waals surface area contributed by atoms with Gasteiger partial charge in [0.25, 0.3) is 0 Å². The van der Waals surface area contributed by atoms with Gasteiger partial charge in [0.1, 0.15) is 17.2 Å². The van der Waals surface area contributed by atoms with Crippen LogP contribution in [0.2, 0.25) is 0 Å². The number of rotatable bonds is 7. The molecular weight excluding hydrogens is 628 g/mol. The number of Topliss-reactive ketones (excluding diaryl/α,β-unsaturated/α-hetero) is 1. The second kappa shape index (κ2) is 11.4. The summed E-state index contributed by atoms with van der Waals surface area (Å²) >= 11 is 0. The Hall–Kier alpha value is -5.86. The first-order chi connectivity index (χ1) is 22.7. The van der Waals surface area contributed by atoms with Crippen molar-refractivity contribution in [3.63, 3.8) is 0 Å². The fourth-order valence-electron chi connectivity index (χ4n) is 7.59. The van der Waals surface area contributed by atoms with Gasteiger partial charge >= 0.3 is 11.4 Å². The number of phenols is 1. The molecule has 3 aliphatic carbocycles. The summed E-state index contributed by atoms with van der Waals surface area (Å²) in [6.07, 6.45) is 2.91. The predicted octanol–water partition coefficient (Wildman–Crippen LogP) is 3.93. The average molecular weight is 659 g/mol. The fourth-order valence-corrected chi connectivity index (χ4v) is 7.59. The highest BCUT2D eigenvalue weighted by Crippen LogP contribution is 2.58. The Morgan fingerprint density at radius 2 is 1.58 bits per heavy atom. The summed E-state index contributed by atoms with van der Waals surface area (Å²) in [4.78, 5) is 79.9. The average Bonchev–Trinajstić information content (AvgIpc) is 3.30. The van der Waals surface area contributed by atoms with Gasteiger partial charge in [0, 0.05) is 66.6 Å². The molecule has 0 radical (unpaired) electrons. The number of nitro benzene ring substituents is 2. The molecule has 2 aromatic rings. The zero-order valence-electron chi connectivity index (χ0n) is 26.5. The van der Waals surface area contributed by atoms with Crippen molar-refractivity contribution in [1.29, 1.82) is 0 Å². The van der Waals surface area contributed by atoms with Gasteiger partial charge < -0.3 is 19.5 Å². The van der Waals surface area contributed by atoms with E-state index in [9.17, 15) is 44.5 Å². The van der Waals surface area contributed by atoms with Gasteiger partial charge in [-0.25, -0.2) is 4.90 Å². The summed E-state index contributed by atoms with van der Waals surface area (Å²) in [6, 6.07) is 4.79. The number of phenolic OH excluding ortho intramolecular Hbond substituents is 1. The van der Waals surface area contributed by atoms with Crippen LogP contribution in [0, 0.1) is 38.0 Å². The molecule has 1 aliphatic heterocycles. The lowest BCUT2D eigenvalue weighted by molar-refractivity contribution is -0.392. The van der Waals surface area contributed by atoms with Gasteiger partial charge in [0.05, 0.1) is 41.6 Å². The van der Waals surface area contributed by atoms with E-state index in [-0.39, 0.29) is 63.7 Å². The SMILES string of the molecule is COc1cc(O)c([C@H]2C3=CC[C@@H]4C(=O)N(c5cc([N+](=O)[O-])c(N(C)C)c([N+](=O)[O-])c5)C(=O)[C@@H]4[C@@H]3CC3=C2C(=O)C=C(C)C3=O)c(OC)c1. The van der Waals surface area contributed by atoms with Crippen LogP contribution in [0.3, 0.4) is 0 Å². The summed E-state index contributed by atoms with van der Waals surface area (Å²) in [5.41, 5.74) is -0.799. The van der Waals surface area contributed by atoms with Crippen molar-refractivity contribution in [2.75, 3.05) is 38.1 Å². The normalized spacial score (nSPS) is 23.2. The number of amides is 2. The molecule has 1 heterocycles. The van der Waals surface area contributed by atoms with Crippen LogP contribution < -0.4 is 19.3 Å². The van der Waals surface area contributed by atoms with E-state index in [1.54, 1.807) is 6.08 Å². The third-order valence-corrected chi connectivity index (χ3v) is 9.55. The number of allylic oxidation sites excluding steroid dienone is 6. The Balaban J connectivity index is 1.52. The number of hydrogen-bond donors (Lipinski definition) is 1. The first-order valence-electron chi connectivity index (χ1n) is 14.9. The number of benzene rings is 2. The predicted molar refractivity (Wildman–Crippen MR) is 169 cm³/mol. The molecule has 1 N–H and O–H groups in total. The number of carbonyl (C=O) groups excluding carboxylic acids is 4. The summed E-state index contributed by atoms with van der Waals surface area (Å²) in [5.74, 6) is -6.05. The summed E-state index contributed by atoms with van der Waals surface area (Å²) in [7, 11) is 5.56. The van der Waals surface area contributed by atoms with Crippen LogP contribution in [0.1, 0.15) is 31.2 Å². The molecule has 0 aromatic heterocycles. The highest BCUT2D eigenvalue weighted by molar-refractivity contribution is 6.25. The van der Waals surface area contributed by atoms with Crippen LogP contribution in [0.25, 0.3) is 0 Å². The molecule has 4 aliphatic rings. The standard InChI is InChI=1S/C33H30N4O11/c1-14-8-23(38)27-20(31(14)40)13-19-17(28(27)29-24(39)11-16(47-4)12-25(29)48-5)6-7-18-26(19)33(42)35(32(18)41)15-9-21(36(43)44)30(34(2)3)22(10-15)37(45)46/h6,8-12,18-19,26,28,39H,7,13H2,1-5H3/t18-,19+,26-,28-/m0/s1. The van der Waals surface area contributed by atoms with Crippen molar-refractivity contribution in [1.82, 2.24) is 0 Å². The molecule has 4 atom stereocenters. The molecule has 248 valence electrons. The summed E-state index contributed by atoms with van der Waals surface area (Å²) in [5, 5.41) is 35.3. The van der Waals surface area contributed by atoms with E-state index < -0.39 is 68.3 Å². The lowest BCUT2D eigenvalue weighted by atomic mass is 9.59. The van der Waals surface area contributed by atoms with Crippen LogP contribution in [0.4, 0.5) is 22.7 Å². The Kier molecular flexibility index (Phi) is 7.65. The second-order valence-corrected chi connectivity index (χ2v) is 12.2. The molecule has 2 aromatic carbocycles. The van der Waals surface area contributed by atoms with Crippen molar-refractivity contribution in [3.8, 4) is 17.2 Å². The van der Waals surface area contributed by atoms with Gasteiger partial charge in [-0.1, -0.05) is 11.6 Å². The summed E-state index contributed by atoms with van der Waals surface area (Å²) < 4.78 is 10.9. The van der Waals surface area contributed by atoms with Gasteiger partial charge in [-0.2, -0.15) is 0 Å². The monoisotopic (exact) mass is 658 g/mol. The van der Waals surface area contributed by atoms with E-state index in [0.717, 1.165) is 17.0 Å². The van der Waals surface area contributed by atoms with Crippen LogP contribution in [-0.4, -0.2) is 66.6 Å². The van der Waals surface area contributed by atoms with Crippen molar-refractivity contribution in [2.24, 2.45) is 17.8 Å². The zero-order valence-corrected chi connectivity index (χ0v) is 26.5. The molecule has 1 fully saturated rings. The molecule has 1 saturated heterocycles. The second-order valence-electron chi connectivity index (χ2n) is 12.2. The third kappa shape index (κ3) is 4.64. The lowest BCUT2D eigenvalue weighted by Crippen LogP contribution is -2.40. The number of ether oxygens (including phenoxy) is 2. The zero-order chi connectivity index (χ0) is 34.9. The quantitative estimate of drug-likeness (QED) is 0.148. The van der Waals surface area contributed by atoms with Gasteiger partial charge in [-0.05, 0) is 31.8 Å². The topological polar surface area (TPSA) is 200 Å². The Morgan fingerprint density at radius 3 is 2.15 bits per heavy atom. The van der Waals surface area contributed by atoms with Gasteiger partial charge in [-0.3, -0.25) is 39.4 Å². The number of carbonyl (C=O) groups is 4. The minimum atomic E-state index is -1.08. The number of aromatic hydroxyl groups is 1. The maximum Gasteiger partial charge on any atom is 0.301 e. The largest absolute Gasteiger partial charge is 0.507 e. The van der Waals surface area contributed by atoms with Crippen molar-refractivity contribution < 1.29 is 43.6 Å². The third-order valence-electron chi connectivity index (χ3n) is 9.55. The molecule has 2 amide bonds. The van der Waals surface area contributed by atoms with Crippen molar-refractivity contribution in [3.05, 3.63) is 84.5 Å². The molecule has 0 bridgehead atoms. The number of imide groups is 1.